The average molecular weight is 617 g/mol. The van der Waals surface area contributed by atoms with Crippen molar-refractivity contribution in [3.63, 3.8) is 0 Å². The lowest BCUT2D eigenvalue weighted by Crippen LogP contribution is -2.49. The van der Waals surface area contributed by atoms with Crippen molar-refractivity contribution in [3.05, 3.63) is 47.0 Å². The van der Waals surface area contributed by atoms with Crippen molar-refractivity contribution in [2.45, 2.75) is 113 Å². The van der Waals surface area contributed by atoms with Gasteiger partial charge < -0.3 is 20.4 Å². The van der Waals surface area contributed by atoms with Crippen LogP contribution in [-0.2, 0) is 23.0 Å². The van der Waals surface area contributed by atoms with Gasteiger partial charge in [0.2, 0.25) is 10.0 Å². The van der Waals surface area contributed by atoms with Crippen LogP contribution in [0.15, 0.2) is 29.2 Å². The first-order chi connectivity index (χ1) is 20.8. The number of carbonyl (C=O) groups is 1. The molecule has 43 heavy (non-hydrogen) atoms. The molecule has 0 radical (unpaired) electrons. The highest BCUT2D eigenvalue weighted by molar-refractivity contribution is 7.89. The lowest BCUT2D eigenvalue weighted by Gasteiger charge is -2.39. The Bertz CT molecular complexity index is 1330. The Kier molecular flexibility index (Phi) is 10.8. The molecule has 1 saturated carbocycles. The largest absolute Gasteiger partial charge is 0.494 e. The molecule has 1 amide bonds. The van der Waals surface area contributed by atoms with Gasteiger partial charge in [0.25, 0.3) is 5.91 Å². The number of piperidine rings is 1. The van der Waals surface area contributed by atoms with E-state index in [4.69, 9.17) is 4.74 Å². The van der Waals surface area contributed by atoms with E-state index in [1.54, 1.807) is 0 Å². The summed E-state index contributed by atoms with van der Waals surface area (Å²) in [6, 6.07) is 5.80. The molecule has 10 heteroatoms. The second kappa shape index (κ2) is 14.6. The number of carbonyl (C=O) groups excluding carboxylic acids is 1. The molecule has 1 saturated heterocycles. The van der Waals surface area contributed by atoms with E-state index in [2.05, 4.69) is 15.6 Å². The van der Waals surface area contributed by atoms with Crippen molar-refractivity contribution in [3.8, 4) is 5.75 Å². The number of amides is 1. The number of unbranched alkanes of at least 4 members (excludes halogenated alkanes) is 1. The zero-order valence-corrected chi connectivity index (χ0v) is 26.5. The molecule has 238 valence electrons. The molecule has 1 aliphatic carbocycles. The lowest BCUT2D eigenvalue weighted by atomic mass is 9.79. The number of aromatic nitrogens is 1. The zero-order valence-electron chi connectivity index (χ0n) is 25.7. The van der Waals surface area contributed by atoms with Crippen LogP contribution in [0.1, 0.15) is 112 Å². The third-order valence-corrected chi connectivity index (χ3v) is 11.8. The summed E-state index contributed by atoms with van der Waals surface area (Å²) < 4.78 is 46.4. The van der Waals surface area contributed by atoms with Crippen molar-refractivity contribution >= 4 is 15.9 Å². The van der Waals surface area contributed by atoms with E-state index in [9.17, 15) is 17.6 Å². The number of rotatable bonds is 9. The van der Waals surface area contributed by atoms with Crippen molar-refractivity contribution in [1.29, 1.82) is 0 Å². The van der Waals surface area contributed by atoms with E-state index in [0.717, 1.165) is 51.1 Å². The maximum Gasteiger partial charge on any atom is 0.267 e. The highest BCUT2D eigenvalue weighted by Crippen LogP contribution is 2.33. The monoisotopic (exact) mass is 616 g/mol. The lowest BCUT2D eigenvalue weighted by molar-refractivity contribution is 0.0948. The molecule has 8 nitrogen and oxygen atoms in total. The van der Waals surface area contributed by atoms with Crippen LogP contribution >= 0.6 is 0 Å². The maximum absolute atomic E-state index is 14.1. The van der Waals surface area contributed by atoms with Gasteiger partial charge in [-0.2, -0.15) is 4.31 Å². The van der Waals surface area contributed by atoms with E-state index in [1.165, 1.54) is 92.6 Å². The Morgan fingerprint density at radius 2 is 1.74 bits per heavy atom. The molecule has 3 N–H and O–H groups in total. The molecule has 0 bridgehead atoms. The minimum Gasteiger partial charge on any atom is -0.494 e. The molecule has 3 heterocycles. The first-order valence-corrected chi connectivity index (χ1v) is 17.8. The highest BCUT2D eigenvalue weighted by atomic mass is 32.2. The Morgan fingerprint density at radius 1 is 1.05 bits per heavy atom. The number of aromatic amines is 1. The van der Waals surface area contributed by atoms with Crippen LogP contribution in [-0.4, -0.2) is 55.9 Å². The first kappa shape index (κ1) is 32.0. The molecule has 0 unspecified atom stereocenters. The maximum atomic E-state index is 14.1. The summed E-state index contributed by atoms with van der Waals surface area (Å²) in [7, 11) is -2.38. The molecule has 2 fully saturated rings. The topological polar surface area (TPSA) is 104 Å². The van der Waals surface area contributed by atoms with Gasteiger partial charge in [0.1, 0.15) is 5.69 Å². The van der Waals surface area contributed by atoms with Gasteiger partial charge in [0.05, 0.1) is 12.0 Å². The SMILES string of the molecule is COc1ccc(S(=O)(=O)N2CCC(CCCCNC(=O)c3cc4c([nH]3)CC3(CCCCCCCCC3)NC4)CC2)cc1F. The predicted molar refractivity (Wildman–Crippen MR) is 166 cm³/mol. The number of benzene rings is 1. The predicted octanol–water partition coefficient (Wildman–Crippen LogP) is 6.07. The van der Waals surface area contributed by atoms with Crippen molar-refractivity contribution in [1.82, 2.24) is 19.9 Å². The van der Waals surface area contributed by atoms with Crippen molar-refractivity contribution < 1.29 is 22.3 Å². The summed E-state index contributed by atoms with van der Waals surface area (Å²) in [6.07, 6.45) is 17.1. The third-order valence-electron chi connectivity index (χ3n) is 9.88. The molecular formula is C33H49FN4O4S. The molecule has 2 aromatic rings. The Morgan fingerprint density at radius 3 is 2.42 bits per heavy atom. The van der Waals surface area contributed by atoms with E-state index >= 15 is 0 Å². The van der Waals surface area contributed by atoms with Crippen LogP contribution in [0.3, 0.4) is 0 Å². The van der Waals surface area contributed by atoms with Gasteiger partial charge in [-0.3, -0.25) is 4.79 Å². The van der Waals surface area contributed by atoms with Crippen LogP contribution in [0.4, 0.5) is 4.39 Å². The summed E-state index contributed by atoms with van der Waals surface area (Å²) in [5.41, 5.74) is 3.27. The average Bonchev–Trinajstić information content (AvgIpc) is 3.44. The summed E-state index contributed by atoms with van der Waals surface area (Å²) in [4.78, 5) is 16.4. The zero-order chi connectivity index (χ0) is 30.3. The summed E-state index contributed by atoms with van der Waals surface area (Å²) >= 11 is 0. The van der Waals surface area contributed by atoms with Gasteiger partial charge in [-0.15, -0.1) is 0 Å². The van der Waals surface area contributed by atoms with Crippen molar-refractivity contribution in [2.75, 3.05) is 26.7 Å². The molecule has 1 spiro atoms. The number of H-pyrrole nitrogens is 1. The minimum absolute atomic E-state index is 0.0296. The van der Waals surface area contributed by atoms with Gasteiger partial charge in [0, 0.05) is 43.8 Å². The molecule has 3 aliphatic rings. The van der Waals surface area contributed by atoms with E-state index in [1.807, 2.05) is 6.07 Å². The summed E-state index contributed by atoms with van der Waals surface area (Å²) in [5.74, 6) is -0.237. The molecular weight excluding hydrogens is 567 g/mol. The van der Waals surface area contributed by atoms with Gasteiger partial charge in [-0.25, -0.2) is 12.8 Å². The van der Waals surface area contributed by atoms with Crippen LogP contribution in [0.5, 0.6) is 5.75 Å². The second-order valence-electron chi connectivity index (χ2n) is 12.9. The number of ether oxygens (including phenoxy) is 1. The fourth-order valence-electron chi connectivity index (χ4n) is 7.20. The number of nitrogens with one attached hydrogen (secondary N) is 3. The number of hydrogen-bond acceptors (Lipinski definition) is 5. The van der Waals surface area contributed by atoms with Gasteiger partial charge in [-0.1, -0.05) is 57.8 Å². The van der Waals surface area contributed by atoms with Gasteiger partial charge in [-0.05, 0) is 67.9 Å². The Labute approximate surface area is 256 Å². The summed E-state index contributed by atoms with van der Waals surface area (Å²) in [6.45, 7) is 2.33. The fourth-order valence-corrected chi connectivity index (χ4v) is 8.68. The van der Waals surface area contributed by atoms with Gasteiger partial charge >= 0.3 is 0 Å². The van der Waals surface area contributed by atoms with Crippen LogP contribution in [0.25, 0.3) is 0 Å². The third kappa shape index (κ3) is 8.00. The van der Waals surface area contributed by atoms with Crippen LogP contribution < -0.4 is 15.4 Å². The smallest absolute Gasteiger partial charge is 0.267 e. The van der Waals surface area contributed by atoms with E-state index in [0.29, 0.717) is 31.2 Å². The molecule has 5 rings (SSSR count). The number of hydrogen-bond donors (Lipinski definition) is 3. The van der Waals surface area contributed by atoms with E-state index < -0.39 is 15.8 Å². The standard InChI is InChI=1S/C33H49FN4O4S/c1-42-31-13-12-27(22-28(31)34)43(40,41)38-19-14-25(15-20-38)11-7-10-18-35-32(39)29-21-26-24-36-33(23-30(26)37-29)16-8-5-3-2-4-6-9-17-33/h12-13,21-22,25,36-37H,2-11,14-20,23-24H2,1H3,(H,35,39). The normalized spacial score (nSPS) is 20.4. The minimum atomic E-state index is -3.73. The number of methoxy groups -OCH3 is 1. The number of halogens is 1. The van der Waals surface area contributed by atoms with Crippen molar-refractivity contribution in [2.24, 2.45) is 5.92 Å². The van der Waals surface area contributed by atoms with E-state index in [-0.39, 0.29) is 22.1 Å². The van der Waals surface area contributed by atoms with Crippen LogP contribution in [0.2, 0.25) is 0 Å². The molecule has 0 atom stereocenters. The Balaban J connectivity index is 1.02. The molecule has 2 aliphatic heterocycles. The van der Waals surface area contributed by atoms with Crippen LogP contribution in [0, 0.1) is 11.7 Å². The summed E-state index contributed by atoms with van der Waals surface area (Å²) in [5, 5.41) is 6.96. The number of fused-ring (bicyclic) bond motifs is 1. The number of sulfonamides is 1. The molecule has 1 aromatic heterocycles. The molecule has 1 aromatic carbocycles. The quantitative estimate of drug-likeness (QED) is 0.297. The highest BCUT2D eigenvalue weighted by Gasteiger charge is 2.35. The van der Waals surface area contributed by atoms with Gasteiger partial charge in [0.15, 0.2) is 11.6 Å². The first-order valence-electron chi connectivity index (χ1n) is 16.4. The Hall–Kier alpha value is -2.43. The second-order valence-corrected chi connectivity index (χ2v) is 14.8. The fraction of sp³-hybridized carbons (Fsp3) is 0.667. The number of nitrogens with zero attached hydrogens (tertiary/aromatic N) is 1.